The van der Waals surface area contributed by atoms with Crippen molar-refractivity contribution < 1.29 is 8.42 Å². The average Bonchev–Trinajstić information content (AvgIpc) is 2.28. The Morgan fingerprint density at radius 2 is 1.74 bits per heavy atom. The van der Waals surface area contributed by atoms with Gasteiger partial charge in [-0.1, -0.05) is 36.8 Å². The fourth-order valence-corrected chi connectivity index (χ4v) is 3.23. The topological polar surface area (TPSA) is 58.2 Å². The Kier molecular flexibility index (Phi) is 5.52. The van der Waals surface area contributed by atoms with E-state index in [0.717, 1.165) is 12.0 Å². The molecule has 0 amide bonds. The molecular formula is C14H24N2O2S. The third-order valence-electron chi connectivity index (χ3n) is 2.72. The minimum atomic E-state index is -3.43. The molecule has 1 aromatic rings. The van der Waals surface area contributed by atoms with Gasteiger partial charge >= 0.3 is 0 Å². The molecule has 0 spiro atoms. The van der Waals surface area contributed by atoms with Gasteiger partial charge in [0.2, 0.25) is 0 Å². The number of aryl methyl sites for hydroxylation is 1. The van der Waals surface area contributed by atoms with Crippen LogP contribution < -0.4 is 9.44 Å². The highest BCUT2D eigenvalue weighted by Crippen LogP contribution is 2.14. The van der Waals surface area contributed by atoms with Crippen molar-refractivity contribution in [1.29, 1.82) is 0 Å². The molecule has 5 heteroatoms. The maximum absolute atomic E-state index is 11.8. The Morgan fingerprint density at radius 3 is 2.26 bits per heavy atom. The fraction of sp³-hybridized carbons (Fsp3) is 0.571. The van der Waals surface area contributed by atoms with E-state index in [4.69, 9.17) is 0 Å². The molecule has 108 valence electrons. The van der Waals surface area contributed by atoms with E-state index >= 15 is 0 Å². The van der Waals surface area contributed by atoms with Crippen LogP contribution >= 0.6 is 0 Å². The summed E-state index contributed by atoms with van der Waals surface area (Å²) >= 11 is 0. The zero-order chi connectivity index (χ0) is 14.5. The zero-order valence-corrected chi connectivity index (χ0v) is 13.0. The van der Waals surface area contributed by atoms with E-state index in [2.05, 4.69) is 9.44 Å². The van der Waals surface area contributed by atoms with E-state index in [9.17, 15) is 8.42 Å². The number of hydrogen-bond donors (Lipinski definition) is 2. The number of rotatable bonds is 7. The average molecular weight is 284 g/mol. The van der Waals surface area contributed by atoms with Crippen LogP contribution in [0.4, 0.5) is 0 Å². The van der Waals surface area contributed by atoms with Gasteiger partial charge in [0, 0.05) is 12.1 Å². The normalized spacial score (nSPS) is 12.6. The molecule has 19 heavy (non-hydrogen) atoms. The fourth-order valence-electron chi connectivity index (χ4n) is 1.89. The quantitative estimate of drug-likeness (QED) is 0.806. The van der Waals surface area contributed by atoms with Gasteiger partial charge in [-0.2, -0.15) is 13.1 Å². The molecule has 1 rings (SSSR count). The molecule has 0 aromatic heterocycles. The second-order valence-electron chi connectivity index (χ2n) is 5.55. The summed E-state index contributed by atoms with van der Waals surface area (Å²) in [5.41, 5.74) is 1.80. The molecule has 0 saturated heterocycles. The number of hydrogen-bond acceptors (Lipinski definition) is 2. The van der Waals surface area contributed by atoms with Gasteiger partial charge < -0.3 is 0 Å². The summed E-state index contributed by atoms with van der Waals surface area (Å²) in [6.07, 6.45) is 1.43. The van der Waals surface area contributed by atoms with Crippen molar-refractivity contribution in [2.75, 3.05) is 6.54 Å². The molecule has 4 nitrogen and oxygen atoms in total. The van der Waals surface area contributed by atoms with E-state index in [1.54, 1.807) is 0 Å². The van der Waals surface area contributed by atoms with E-state index in [1.807, 2.05) is 52.0 Å². The highest BCUT2D eigenvalue weighted by atomic mass is 32.2. The third kappa shape index (κ3) is 6.18. The highest BCUT2D eigenvalue weighted by molar-refractivity contribution is 7.87. The van der Waals surface area contributed by atoms with E-state index in [0.29, 0.717) is 13.0 Å². The van der Waals surface area contributed by atoms with Crippen molar-refractivity contribution in [2.45, 2.75) is 46.1 Å². The van der Waals surface area contributed by atoms with Gasteiger partial charge in [0.1, 0.15) is 0 Å². The predicted octanol–water partition coefficient (Wildman–Crippen LogP) is 2.15. The smallest absolute Gasteiger partial charge is 0.202 e. The summed E-state index contributed by atoms with van der Waals surface area (Å²) < 4.78 is 28.9. The molecule has 0 aliphatic rings. The molecule has 1 aromatic carbocycles. The maximum atomic E-state index is 11.8. The molecule has 0 radical (unpaired) electrons. The number of benzene rings is 1. The molecule has 2 N–H and O–H groups in total. The Balaban J connectivity index is 2.68. The Morgan fingerprint density at radius 1 is 1.16 bits per heavy atom. The minimum Gasteiger partial charge on any atom is -0.202 e. The Labute approximate surface area is 116 Å². The van der Waals surface area contributed by atoms with Gasteiger partial charge in [0.05, 0.1) is 0 Å². The summed E-state index contributed by atoms with van der Waals surface area (Å²) in [5.74, 6) is 0. The molecule has 0 saturated carbocycles. The largest absolute Gasteiger partial charge is 0.277 e. The monoisotopic (exact) mass is 284 g/mol. The van der Waals surface area contributed by atoms with Gasteiger partial charge in [-0.25, -0.2) is 4.72 Å². The van der Waals surface area contributed by atoms with Crippen LogP contribution in [-0.2, 0) is 16.6 Å². The Hall–Kier alpha value is -0.910. The van der Waals surface area contributed by atoms with Crippen LogP contribution in [0.5, 0.6) is 0 Å². The van der Waals surface area contributed by atoms with Crippen LogP contribution in [0.1, 0.15) is 38.3 Å². The van der Waals surface area contributed by atoms with Crippen molar-refractivity contribution in [3.05, 3.63) is 35.4 Å². The van der Waals surface area contributed by atoms with Crippen molar-refractivity contribution in [3.63, 3.8) is 0 Å². The first-order valence-electron chi connectivity index (χ1n) is 6.58. The van der Waals surface area contributed by atoms with Gasteiger partial charge in [0.15, 0.2) is 0 Å². The number of nitrogens with one attached hydrogen (secondary N) is 2. The van der Waals surface area contributed by atoms with E-state index < -0.39 is 15.7 Å². The summed E-state index contributed by atoms with van der Waals surface area (Å²) in [6, 6.07) is 8.14. The lowest BCUT2D eigenvalue weighted by molar-refractivity contribution is 0.445. The first-order valence-corrected chi connectivity index (χ1v) is 8.06. The van der Waals surface area contributed by atoms with Crippen molar-refractivity contribution in [3.8, 4) is 0 Å². The minimum absolute atomic E-state index is 0.454. The second-order valence-corrected chi connectivity index (χ2v) is 7.05. The summed E-state index contributed by atoms with van der Waals surface area (Å²) in [7, 11) is -3.43. The van der Waals surface area contributed by atoms with E-state index in [1.165, 1.54) is 5.56 Å². The molecule has 0 bridgehead atoms. The van der Waals surface area contributed by atoms with Crippen molar-refractivity contribution in [1.82, 2.24) is 9.44 Å². The first-order chi connectivity index (χ1) is 8.74. The van der Waals surface area contributed by atoms with E-state index in [-0.39, 0.29) is 0 Å². The molecule has 0 aliphatic heterocycles. The lowest BCUT2D eigenvalue weighted by Gasteiger charge is -2.26. The maximum Gasteiger partial charge on any atom is 0.277 e. The molecule has 0 unspecified atom stereocenters. The van der Waals surface area contributed by atoms with Gasteiger partial charge in [0.25, 0.3) is 10.2 Å². The first kappa shape index (κ1) is 16.1. The molecule has 0 aliphatic carbocycles. The predicted molar refractivity (Wildman–Crippen MR) is 79.3 cm³/mol. The summed E-state index contributed by atoms with van der Waals surface area (Å²) in [5, 5.41) is 0. The zero-order valence-electron chi connectivity index (χ0n) is 12.2. The van der Waals surface area contributed by atoms with Crippen LogP contribution in [0.2, 0.25) is 0 Å². The lowest BCUT2D eigenvalue weighted by atomic mass is 9.96. The third-order valence-corrected chi connectivity index (χ3v) is 4.12. The van der Waals surface area contributed by atoms with Crippen LogP contribution in [0, 0.1) is 6.92 Å². The molecule has 0 heterocycles. The Bertz CT molecular complexity index is 493. The lowest BCUT2D eigenvalue weighted by Crippen LogP contribution is -2.50. The summed E-state index contributed by atoms with van der Waals surface area (Å²) in [6.45, 7) is 8.19. The van der Waals surface area contributed by atoms with Crippen molar-refractivity contribution >= 4 is 10.2 Å². The second kappa shape index (κ2) is 6.50. The molecule has 0 fully saturated rings. The van der Waals surface area contributed by atoms with Crippen LogP contribution in [0.25, 0.3) is 0 Å². The van der Waals surface area contributed by atoms with Crippen molar-refractivity contribution in [2.24, 2.45) is 0 Å². The standard InChI is InChI=1S/C14H24N2O2S/c1-5-10-15-19(17,18)16-14(3,4)11-13-8-6-12(2)7-9-13/h6-9,15-16H,5,10-11H2,1-4H3. The van der Waals surface area contributed by atoms with Gasteiger partial charge in [-0.15, -0.1) is 0 Å². The summed E-state index contributed by atoms with van der Waals surface area (Å²) in [4.78, 5) is 0. The van der Waals surface area contributed by atoms with Crippen LogP contribution in [0.15, 0.2) is 24.3 Å². The van der Waals surface area contributed by atoms with Crippen LogP contribution in [-0.4, -0.2) is 20.5 Å². The van der Waals surface area contributed by atoms with Gasteiger partial charge in [-0.3, -0.25) is 0 Å². The SMILES string of the molecule is CCCNS(=O)(=O)NC(C)(C)Cc1ccc(C)cc1. The molecular weight excluding hydrogens is 260 g/mol. The highest BCUT2D eigenvalue weighted by Gasteiger charge is 2.24. The van der Waals surface area contributed by atoms with Crippen LogP contribution in [0.3, 0.4) is 0 Å². The van der Waals surface area contributed by atoms with Gasteiger partial charge in [-0.05, 0) is 39.2 Å². The molecule has 0 atom stereocenters.